The Hall–Kier alpha value is -3.47. The van der Waals surface area contributed by atoms with Gasteiger partial charge in [-0.05, 0) is 23.8 Å². The third kappa shape index (κ3) is 3.96. The molecule has 1 aliphatic heterocycles. The fourth-order valence-electron chi connectivity index (χ4n) is 3.27. The fraction of sp³-hybridized carbons (Fsp3) is 0.174. The lowest BCUT2D eigenvalue weighted by Gasteiger charge is -2.26. The first-order valence-electron chi connectivity index (χ1n) is 9.54. The molecule has 3 aromatic rings. The van der Waals surface area contributed by atoms with Crippen molar-refractivity contribution in [2.75, 3.05) is 26.3 Å². The number of thiazole rings is 1. The van der Waals surface area contributed by atoms with E-state index < -0.39 is 0 Å². The van der Waals surface area contributed by atoms with Crippen LogP contribution in [0.2, 0.25) is 0 Å². The van der Waals surface area contributed by atoms with Crippen molar-refractivity contribution in [2.24, 2.45) is 0 Å². The Morgan fingerprint density at radius 1 is 1.03 bits per heavy atom. The minimum atomic E-state index is -0.377. The maximum atomic E-state index is 13.3. The zero-order valence-electron chi connectivity index (χ0n) is 16.2. The van der Waals surface area contributed by atoms with Gasteiger partial charge in [-0.3, -0.25) is 14.2 Å². The average Bonchev–Trinajstić information content (AvgIpc) is 3.11. The molecule has 4 rings (SSSR count). The number of nitriles is 1. The van der Waals surface area contributed by atoms with Crippen LogP contribution in [0.25, 0.3) is 17.3 Å². The van der Waals surface area contributed by atoms with E-state index in [-0.39, 0.29) is 17.0 Å². The van der Waals surface area contributed by atoms with Crippen molar-refractivity contribution in [1.82, 2.24) is 9.47 Å². The van der Waals surface area contributed by atoms with Crippen molar-refractivity contribution in [1.29, 1.82) is 5.26 Å². The summed E-state index contributed by atoms with van der Waals surface area (Å²) in [6, 6.07) is 20.6. The Morgan fingerprint density at radius 3 is 2.30 bits per heavy atom. The van der Waals surface area contributed by atoms with Crippen molar-refractivity contribution >= 4 is 28.9 Å². The van der Waals surface area contributed by atoms with E-state index in [4.69, 9.17) is 4.74 Å². The van der Waals surface area contributed by atoms with Gasteiger partial charge in [0.2, 0.25) is 0 Å². The minimum Gasteiger partial charge on any atom is -0.378 e. The van der Waals surface area contributed by atoms with Crippen molar-refractivity contribution in [3.63, 3.8) is 0 Å². The molecule has 0 aliphatic carbocycles. The number of hydrogen-bond acceptors (Lipinski definition) is 5. The molecule has 0 radical (unpaired) electrons. The third-order valence-corrected chi connectivity index (χ3v) is 5.87. The number of aromatic nitrogens is 1. The third-order valence-electron chi connectivity index (χ3n) is 4.77. The lowest BCUT2D eigenvalue weighted by Crippen LogP contribution is -2.42. The summed E-state index contributed by atoms with van der Waals surface area (Å²) in [7, 11) is 0. The van der Waals surface area contributed by atoms with E-state index >= 15 is 0 Å². The molecular weight excluding hydrogens is 398 g/mol. The van der Waals surface area contributed by atoms with Crippen LogP contribution < -0.4 is 14.8 Å². The first-order valence-corrected chi connectivity index (χ1v) is 10.4. The van der Waals surface area contributed by atoms with Crippen LogP contribution in [0.5, 0.6) is 0 Å². The molecule has 0 saturated carbocycles. The topological polar surface area (TPSA) is 75.3 Å². The first-order chi connectivity index (χ1) is 14.7. The van der Waals surface area contributed by atoms with Gasteiger partial charge >= 0.3 is 0 Å². The second-order valence-electron chi connectivity index (χ2n) is 6.69. The van der Waals surface area contributed by atoms with Gasteiger partial charge in [-0.25, -0.2) is 0 Å². The molecule has 7 heteroatoms. The number of ether oxygens (including phenoxy) is 1. The molecule has 1 saturated heterocycles. The molecule has 0 spiro atoms. The summed E-state index contributed by atoms with van der Waals surface area (Å²) in [5.41, 5.74) is 1.20. The van der Waals surface area contributed by atoms with Gasteiger partial charge in [0.15, 0.2) is 5.57 Å². The molecule has 6 nitrogen and oxygen atoms in total. The molecule has 0 unspecified atom stereocenters. The van der Waals surface area contributed by atoms with Gasteiger partial charge in [-0.1, -0.05) is 48.5 Å². The van der Waals surface area contributed by atoms with E-state index in [9.17, 15) is 14.9 Å². The molecule has 1 aromatic heterocycles. The number of carbonyl (C=O) groups is 1. The van der Waals surface area contributed by atoms with Crippen molar-refractivity contribution in [3.8, 4) is 11.8 Å². The number of rotatable bonds is 3. The smallest absolute Gasteiger partial charge is 0.273 e. The minimum absolute atomic E-state index is 0.0319. The van der Waals surface area contributed by atoms with E-state index in [1.807, 2.05) is 48.5 Å². The Morgan fingerprint density at radius 2 is 1.67 bits per heavy atom. The Kier molecular flexibility index (Phi) is 5.89. The van der Waals surface area contributed by atoms with Gasteiger partial charge in [0.25, 0.3) is 11.5 Å². The highest BCUT2D eigenvalue weighted by Crippen LogP contribution is 2.08. The van der Waals surface area contributed by atoms with E-state index in [0.717, 1.165) is 16.9 Å². The van der Waals surface area contributed by atoms with Gasteiger partial charge in [0.05, 0.1) is 23.4 Å². The summed E-state index contributed by atoms with van der Waals surface area (Å²) in [6.07, 6.45) is 1.78. The number of benzene rings is 2. The summed E-state index contributed by atoms with van der Waals surface area (Å²) in [6.45, 7) is 1.72. The number of hydrogen-bond donors (Lipinski definition) is 0. The van der Waals surface area contributed by atoms with E-state index in [2.05, 4.69) is 6.07 Å². The predicted molar refractivity (Wildman–Crippen MR) is 116 cm³/mol. The van der Waals surface area contributed by atoms with Gasteiger partial charge in [-0.2, -0.15) is 5.26 Å². The Bertz CT molecular complexity index is 1270. The molecule has 150 valence electrons. The molecule has 1 amide bonds. The fourth-order valence-corrected chi connectivity index (χ4v) is 4.37. The maximum absolute atomic E-state index is 13.3. The number of morpholine rings is 1. The molecular formula is C23H19N3O3S. The van der Waals surface area contributed by atoms with Crippen molar-refractivity contribution in [2.45, 2.75) is 0 Å². The predicted octanol–water partition coefficient (Wildman–Crippen LogP) is 1.26. The lowest BCUT2D eigenvalue weighted by atomic mass is 10.2. The van der Waals surface area contributed by atoms with Gasteiger partial charge in [0.1, 0.15) is 10.7 Å². The summed E-state index contributed by atoms with van der Waals surface area (Å²) in [5, 5.41) is 9.86. The van der Waals surface area contributed by atoms with Gasteiger partial charge in [0, 0.05) is 13.1 Å². The molecule has 0 atom stereocenters. The molecule has 1 fully saturated rings. The Balaban J connectivity index is 1.98. The van der Waals surface area contributed by atoms with Crippen LogP contribution >= 0.6 is 11.3 Å². The average molecular weight is 417 g/mol. The van der Waals surface area contributed by atoms with Crippen LogP contribution in [0.3, 0.4) is 0 Å². The van der Waals surface area contributed by atoms with Gasteiger partial charge < -0.3 is 9.64 Å². The molecule has 30 heavy (non-hydrogen) atoms. The van der Waals surface area contributed by atoms with Crippen LogP contribution in [-0.4, -0.2) is 41.7 Å². The quantitative estimate of drug-likeness (QED) is 0.643. The zero-order valence-corrected chi connectivity index (χ0v) is 17.0. The Labute approximate surface area is 177 Å². The number of nitrogens with zero attached hydrogens (tertiary/aromatic N) is 3. The summed E-state index contributed by atoms with van der Waals surface area (Å²) >= 11 is 1.16. The highest BCUT2D eigenvalue weighted by molar-refractivity contribution is 7.07. The van der Waals surface area contributed by atoms with Gasteiger partial charge in [-0.15, -0.1) is 11.3 Å². The van der Waals surface area contributed by atoms with E-state index in [1.165, 1.54) is 4.57 Å². The first kappa shape index (κ1) is 19.8. The summed E-state index contributed by atoms with van der Waals surface area (Å²) in [4.78, 5) is 28.0. The SMILES string of the molecule is N#C/C(C(=O)N1CCOCC1)=c1\s/c(=C\c2ccccc2)c(=O)n1-c1ccccc1. The number of amides is 1. The second-order valence-corrected chi connectivity index (χ2v) is 7.72. The highest BCUT2D eigenvalue weighted by Gasteiger charge is 2.23. The largest absolute Gasteiger partial charge is 0.378 e. The molecule has 0 N–H and O–H groups in total. The molecule has 0 bridgehead atoms. The summed E-state index contributed by atoms with van der Waals surface area (Å²) in [5.74, 6) is -0.377. The normalized spacial score (nSPS) is 15.6. The van der Waals surface area contributed by atoms with Crippen molar-refractivity contribution in [3.05, 3.63) is 85.8 Å². The van der Waals surface area contributed by atoms with Crippen LogP contribution in [0.1, 0.15) is 5.56 Å². The zero-order chi connectivity index (χ0) is 20.9. The lowest BCUT2D eigenvalue weighted by molar-refractivity contribution is -0.128. The summed E-state index contributed by atoms with van der Waals surface area (Å²) < 4.78 is 7.56. The van der Waals surface area contributed by atoms with E-state index in [1.54, 1.807) is 23.1 Å². The van der Waals surface area contributed by atoms with Crippen LogP contribution in [0, 0.1) is 11.3 Å². The standard InChI is InChI=1S/C23H19N3O3S/c24-16-19(21(27)25-11-13-29-14-12-25)23-26(18-9-5-2-6-10-18)22(28)20(30-23)15-17-7-3-1-4-8-17/h1-10,15H,11-14H2/b20-15-,23-19+. The number of carbonyl (C=O) groups excluding carboxylic acids is 1. The molecule has 2 aromatic carbocycles. The van der Waals surface area contributed by atoms with Crippen LogP contribution in [0.4, 0.5) is 0 Å². The van der Waals surface area contributed by atoms with Crippen molar-refractivity contribution < 1.29 is 9.53 Å². The van der Waals surface area contributed by atoms with Crippen LogP contribution in [0.15, 0.2) is 65.5 Å². The molecule has 2 heterocycles. The monoisotopic (exact) mass is 417 g/mol. The van der Waals surface area contributed by atoms with Crippen LogP contribution in [-0.2, 0) is 9.53 Å². The second kappa shape index (κ2) is 8.91. The van der Waals surface area contributed by atoms with E-state index in [0.29, 0.717) is 41.2 Å². The highest BCUT2D eigenvalue weighted by atomic mass is 32.1. The maximum Gasteiger partial charge on any atom is 0.273 e. The molecule has 1 aliphatic rings. The number of para-hydroxylation sites is 1.